The summed E-state index contributed by atoms with van der Waals surface area (Å²) in [6.07, 6.45) is 1.23. The van der Waals surface area contributed by atoms with Crippen LogP contribution in [0.4, 0.5) is 9.57 Å². The minimum absolute atomic E-state index is 0.105. The van der Waals surface area contributed by atoms with Crippen LogP contribution < -0.4 is 9.47 Å². The fourth-order valence-corrected chi connectivity index (χ4v) is 2.62. The number of unbranched alkanes of at least 4 members (excludes halogenated alkanes) is 1. The van der Waals surface area contributed by atoms with E-state index < -0.39 is 20.0 Å². The highest BCUT2D eigenvalue weighted by Crippen LogP contribution is 2.29. The monoisotopic (exact) mass is 403 g/mol. The van der Waals surface area contributed by atoms with Crippen molar-refractivity contribution in [2.75, 3.05) is 13.2 Å². The van der Waals surface area contributed by atoms with Crippen molar-refractivity contribution in [1.82, 2.24) is 0 Å². The van der Waals surface area contributed by atoms with Crippen molar-refractivity contribution in [2.24, 2.45) is 0 Å². The van der Waals surface area contributed by atoms with Crippen LogP contribution in [0.1, 0.15) is 12.8 Å². The van der Waals surface area contributed by atoms with Gasteiger partial charge in [0.1, 0.15) is 11.5 Å². The van der Waals surface area contributed by atoms with Crippen molar-refractivity contribution in [3.63, 3.8) is 0 Å². The first-order valence-electron chi connectivity index (χ1n) is 7.51. The molecule has 0 atom stereocenters. The number of ether oxygens (including phenoxy) is 2. The van der Waals surface area contributed by atoms with Gasteiger partial charge >= 0.3 is 10.2 Å². The summed E-state index contributed by atoms with van der Waals surface area (Å²) in [5.74, 6) is 0.657. The lowest BCUT2D eigenvalue weighted by Gasteiger charge is -2.09. The van der Waals surface area contributed by atoms with Crippen molar-refractivity contribution < 1.29 is 26.7 Å². The van der Waals surface area contributed by atoms with Gasteiger partial charge in [0.05, 0.1) is 34.1 Å². The van der Waals surface area contributed by atoms with Crippen LogP contribution in [0.3, 0.4) is 0 Å². The van der Waals surface area contributed by atoms with Gasteiger partial charge in [-0.25, -0.2) is 0 Å². The maximum atomic E-state index is 12.8. The zero-order chi connectivity index (χ0) is 19.2. The van der Waals surface area contributed by atoms with Crippen LogP contribution in [-0.4, -0.2) is 26.6 Å². The van der Waals surface area contributed by atoms with Gasteiger partial charge in [0.2, 0.25) is 0 Å². The maximum absolute atomic E-state index is 12.8. The molecule has 0 fully saturated rings. The number of halogens is 2. The fraction of sp³-hybridized carbons (Fsp3) is 0.250. The predicted molar refractivity (Wildman–Crippen MR) is 93.1 cm³/mol. The first-order valence-corrected chi connectivity index (χ1v) is 9.28. The molecule has 2 aromatic carbocycles. The van der Waals surface area contributed by atoms with E-state index in [1.807, 2.05) is 0 Å². The number of hydrogen-bond donors (Lipinski definition) is 0. The summed E-state index contributed by atoms with van der Waals surface area (Å²) in [5, 5.41) is 11.0. The summed E-state index contributed by atoms with van der Waals surface area (Å²) in [4.78, 5) is 9.77. The van der Waals surface area contributed by atoms with Crippen LogP contribution in [0.15, 0.2) is 47.4 Å². The van der Waals surface area contributed by atoms with E-state index in [0.717, 1.165) is 12.1 Å². The van der Waals surface area contributed by atoms with E-state index in [0.29, 0.717) is 31.8 Å². The van der Waals surface area contributed by atoms with Gasteiger partial charge in [-0.3, -0.25) is 10.1 Å². The first kappa shape index (κ1) is 19.9. The maximum Gasteiger partial charge on any atom is 0.332 e. The molecule has 0 bridgehead atoms. The van der Waals surface area contributed by atoms with Crippen LogP contribution in [-0.2, 0) is 10.2 Å². The lowest BCUT2D eigenvalue weighted by Crippen LogP contribution is -2.03. The molecule has 0 amide bonds. The lowest BCUT2D eigenvalue weighted by molar-refractivity contribution is -0.384. The third-order valence-electron chi connectivity index (χ3n) is 3.30. The second kappa shape index (κ2) is 8.81. The van der Waals surface area contributed by atoms with Crippen LogP contribution in [0.5, 0.6) is 11.5 Å². The highest BCUT2D eigenvalue weighted by molar-refractivity contribution is 7.86. The number of non-ortho nitro benzene ring substituents is 1. The van der Waals surface area contributed by atoms with Gasteiger partial charge in [-0.2, -0.15) is 8.42 Å². The fourth-order valence-electron chi connectivity index (χ4n) is 1.99. The number of nitrogens with zero attached hydrogens (tertiary/aromatic N) is 1. The second-order valence-electron chi connectivity index (χ2n) is 5.19. The Kier molecular flexibility index (Phi) is 6.76. The number of rotatable bonds is 9. The third-order valence-corrected chi connectivity index (χ3v) is 4.44. The summed E-state index contributed by atoms with van der Waals surface area (Å²) in [6, 6.07) is 8.94. The Hall–Kier alpha value is -2.39. The summed E-state index contributed by atoms with van der Waals surface area (Å²) in [7, 11) is -4.72. The smallest absolute Gasteiger partial charge is 0.332 e. The molecular weight excluding hydrogens is 389 g/mol. The zero-order valence-electron chi connectivity index (χ0n) is 13.4. The molecule has 0 aromatic heterocycles. The molecular formula is C16H15ClFNO6S. The average Bonchev–Trinajstić information content (AvgIpc) is 2.58. The molecule has 0 heterocycles. The Balaban J connectivity index is 1.73. The third kappa shape index (κ3) is 5.85. The van der Waals surface area contributed by atoms with Gasteiger partial charge in [-0.1, -0.05) is 11.6 Å². The minimum Gasteiger partial charge on any atom is -0.494 e. The van der Waals surface area contributed by atoms with Crippen molar-refractivity contribution in [3.05, 3.63) is 57.6 Å². The standard InChI is InChI=1S/C16H15ClFNO6S/c17-15-8-3-12(19(20)21)11-16(15)25-10-2-1-9-24-13-4-6-14(7-5-13)26(18,22)23/h3-8,11H,1-2,9-10H2. The minimum atomic E-state index is -4.72. The molecule has 0 saturated carbocycles. The molecule has 26 heavy (non-hydrogen) atoms. The molecule has 2 rings (SSSR count). The molecule has 0 saturated heterocycles. The Bertz CT molecular complexity index is 873. The summed E-state index contributed by atoms with van der Waals surface area (Å²) >= 11 is 5.92. The Morgan fingerprint density at radius 2 is 1.65 bits per heavy atom. The molecule has 0 aliphatic carbocycles. The average molecular weight is 404 g/mol. The van der Waals surface area contributed by atoms with Gasteiger partial charge in [0.15, 0.2) is 0 Å². The Labute approximate surface area is 154 Å². The van der Waals surface area contributed by atoms with E-state index in [1.54, 1.807) is 0 Å². The lowest BCUT2D eigenvalue weighted by atomic mass is 10.3. The topological polar surface area (TPSA) is 95.7 Å². The first-order chi connectivity index (χ1) is 12.3. The van der Waals surface area contributed by atoms with E-state index in [2.05, 4.69) is 0 Å². The molecule has 0 unspecified atom stereocenters. The van der Waals surface area contributed by atoms with Crippen LogP contribution in [0.2, 0.25) is 5.02 Å². The summed E-state index contributed by atoms with van der Waals surface area (Å²) < 4.78 is 45.0. The molecule has 7 nitrogen and oxygen atoms in total. The van der Waals surface area contributed by atoms with E-state index in [1.165, 1.54) is 30.3 Å². The molecule has 0 aliphatic heterocycles. The molecule has 10 heteroatoms. The Morgan fingerprint density at radius 3 is 2.23 bits per heavy atom. The molecule has 0 spiro atoms. The van der Waals surface area contributed by atoms with E-state index in [4.69, 9.17) is 21.1 Å². The molecule has 0 aliphatic rings. The Morgan fingerprint density at radius 1 is 1.04 bits per heavy atom. The van der Waals surface area contributed by atoms with E-state index in [9.17, 15) is 22.4 Å². The highest BCUT2D eigenvalue weighted by atomic mass is 35.5. The van der Waals surface area contributed by atoms with Crippen molar-refractivity contribution in [3.8, 4) is 11.5 Å². The molecule has 0 N–H and O–H groups in total. The summed E-state index contributed by atoms with van der Waals surface area (Å²) in [6.45, 7) is 0.636. The van der Waals surface area contributed by atoms with Crippen LogP contribution >= 0.6 is 11.6 Å². The predicted octanol–water partition coefficient (Wildman–Crippen LogP) is 4.14. The van der Waals surface area contributed by atoms with Crippen molar-refractivity contribution in [2.45, 2.75) is 17.7 Å². The quantitative estimate of drug-likeness (QED) is 0.270. The highest BCUT2D eigenvalue weighted by Gasteiger charge is 2.12. The van der Waals surface area contributed by atoms with Gasteiger partial charge in [-0.05, 0) is 43.2 Å². The number of nitro benzene ring substituents is 1. The van der Waals surface area contributed by atoms with Crippen LogP contribution in [0, 0.1) is 10.1 Å². The SMILES string of the molecule is O=[N+]([O-])c1ccc(Cl)c(OCCCCOc2ccc(S(=O)(=O)F)cc2)c1. The zero-order valence-corrected chi connectivity index (χ0v) is 15.0. The number of benzene rings is 2. The molecule has 2 aromatic rings. The molecule has 0 radical (unpaired) electrons. The van der Waals surface area contributed by atoms with E-state index >= 15 is 0 Å². The largest absolute Gasteiger partial charge is 0.494 e. The summed E-state index contributed by atoms with van der Waals surface area (Å²) in [5.41, 5.74) is -0.105. The molecule has 140 valence electrons. The van der Waals surface area contributed by atoms with Gasteiger partial charge in [0, 0.05) is 6.07 Å². The van der Waals surface area contributed by atoms with E-state index in [-0.39, 0.29) is 16.5 Å². The number of nitro groups is 1. The van der Waals surface area contributed by atoms with Crippen molar-refractivity contribution in [1.29, 1.82) is 0 Å². The number of hydrogen-bond acceptors (Lipinski definition) is 6. The van der Waals surface area contributed by atoms with Crippen LogP contribution in [0.25, 0.3) is 0 Å². The second-order valence-corrected chi connectivity index (χ2v) is 6.94. The van der Waals surface area contributed by atoms with Gasteiger partial charge in [-0.15, -0.1) is 3.89 Å². The van der Waals surface area contributed by atoms with Gasteiger partial charge in [0.25, 0.3) is 5.69 Å². The normalized spacial score (nSPS) is 11.2. The van der Waals surface area contributed by atoms with Crippen molar-refractivity contribution >= 4 is 27.5 Å². The van der Waals surface area contributed by atoms with Gasteiger partial charge < -0.3 is 9.47 Å².